The zero-order valence-electron chi connectivity index (χ0n) is 6.87. The molecule has 0 radical (unpaired) electrons. The summed E-state index contributed by atoms with van der Waals surface area (Å²) in [6, 6.07) is 6.89. The summed E-state index contributed by atoms with van der Waals surface area (Å²) in [5.74, 6) is -0.432. The predicted octanol–water partition coefficient (Wildman–Crippen LogP) is -2.97. The maximum absolute atomic E-state index is 10.1. The standard InChI is InChI=1S/C8H9NO3.BrH/c9-6-1-3-7(4-2-6)12-5-8(10)11;/h1-4H,5,9H2,(H,10,11);1H. The first-order valence-electron chi connectivity index (χ1n) is 3.45. The van der Waals surface area contributed by atoms with Crippen LogP contribution in [0.25, 0.3) is 0 Å². The van der Waals surface area contributed by atoms with E-state index >= 15 is 0 Å². The van der Waals surface area contributed by atoms with E-state index in [-0.39, 0.29) is 23.6 Å². The number of rotatable bonds is 3. The van der Waals surface area contributed by atoms with E-state index in [9.17, 15) is 4.79 Å². The highest BCUT2D eigenvalue weighted by Crippen LogP contribution is 2.11. The maximum atomic E-state index is 10.1. The zero-order valence-corrected chi connectivity index (χ0v) is 8.45. The van der Waals surface area contributed by atoms with Crippen molar-refractivity contribution in [2.24, 2.45) is 0 Å². The lowest BCUT2D eigenvalue weighted by atomic mass is 10.3. The van der Waals surface area contributed by atoms with E-state index < -0.39 is 5.97 Å². The highest BCUT2D eigenvalue weighted by molar-refractivity contribution is 5.68. The van der Waals surface area contributed by atoms with Crippen LogP contribution in [0.5, 0.6) is 5.75 Å². The van der Waals surface area contributed by atoms with Gasteiger partial charge < -0.3 is 32.6 Å². The summed E-state index contributed by atoms with van der Waals surface area (Å²) in [5.41, 5.74) is 4.56. The van der Waals surface area contributed by atoms with Crippen molar-refractivity contribution in [2.75, 3.05) is 6.61 Å². The quantitative estimate of drug-likeness (QED) is 0.599. The molecule has 0 heterocycles. The van der Waals surface area contributed by atoms with Crippen LogP contribution in [0, 0.1) is 0 Å². The smallest absolute Gasteiger partial charge is 0.341 e. The molecular weight excluding hydrogens is 238 g/mol. The van der Waals surface area contributed by atoms with Crippen molar-refractivity contribution in [3.8, 4) is 5.75 Å². The highest BCUT2D eigenvalue weighted by atomic mass is 79.9. The minimum absolute atomic E-state index is 0. The number of hydrogen-bond donors (Lipinski definition) is 2. The molecule has 4 nitrogen and oxygen atoms in total. The molecular formula is C8H10BrNO3. The minimum Gasteiger partial charge on any atom is -1.00 e. The Morgan fingerprint density at radius 2 is 1.92 bits per heavy atom. The van der Waals surface area contributed by atoms with Gasteiger partial charge in [0.25, 0.3) is 0 Å². The van der Waals surface area contributed by atoms with E-state index in [1.165, 1.54) is 0 Å². The van der Waals surface area contributed by atoms with Crippen LogP contribution < -0.4 is 27.5 Å². The molecule has 0 amide bonds. The van der Waals surface area contributed by atoms with Gasteiger partial charge in [-0.25, -0.2) is 4.79 Å². The van der Waals surface area contributed by atoms with Crippen molar-refractivity contribution >= 4 is 11.7 Å². The molecule has 0 aliphatic rings. The summed E-state index contributed by atoms with van der Waals surface area (Å²) in [4.78, 5) is 10.1. The van der Waals surface area contributed by atoms with Gasteiger partial charge in [-0.2, -0.15) is 0 Å². The third-order valence-electron chi connectivity index (χ3n) is 1.29. The van der Waals surface area contributed by atoms with Gasteiger partial charge in [-0.15, -0.1) is 0 Å². The average molecular weight is 248 g/mol. The second kappa shape index (κ2) is 5.55. The Labute approximate surface area is 86.1 Å². The van der Waals surface area contributed by atoms with Crippen molar-refractivity contribution in [1.29, 1.82) is 0 Å². The molecule has 1 aromatic carbocycles. The van der Waals surface area contributed by atoms with Gasteiger partial charge in [-0.05, 0) is 12.1 Å². The Bertz CT molecular complexity index is 273. The van der Waals surface area contributed by atoms with Crippen LogP contribution in [0.15, 0.2) is 24.3 Å². The number of carboxylic acid groups (broad SMARTS) is 1. The molecule has 1 aromatic rings. The lowest BCUT2D eigenvalue weighted by Gasteiger charge is -2.00. The third-order valence-corrected chi connectivity index (χ3v) is 1.29. The fourth-order valence-corrected chi connectivity index (χ4v) is 0.731. The summed E-state index contributed by atoms with van der Waals surface area (Å²) in [5, 5.41) is 8.29. The second-order valence-electron chi connectivity index (χ2n) is 2.33. The van der Waals surface area contributed by atoms with Crippen molar-refractivity contribution in [3.05, 3.63) is 24.3 Å². The first-order valence-corrected chi connectivity index (χ1v) is 3.45. The fraction of sp³-hybridized carbons (Fsp3) is 0.125. The molecule has 0 saturated heterocycles. The van der Waals surface area contributed by atoms with Crippen molar-refractivity contribution < 1.29 is 37.4 Å². The van der Waals surface area contributed by atoms with Gasteiger partial charge in [-0.1, -0.05) is 0 Å². The van der Waals surface area contributed by atoms with Crippen LogP contribution in [0.3, 0.4) is 0 Å². The summed E-state index contributed by atoms with van der Waals surface area (Å²) in [6.07, 6.45) is 0. The number of carboxylic acids is 1. The monoisotopic (exact) mass is 247 g/mol. The SMILES string of the molecule is [Br-].[NH3+]c1ccc(OCC(=O)O)cc1. The molecule has 0 saturated carbocycles. The molecule has 0 aromatic heterocycles. The lowest BCUT2D eigenvalue weighted by molar-refractivity contribution is -0.254. The first kappa shape index (κ1) is 11.9. The first-order chi connectivity index (χ1) is 5.68. The topological polar surface area (TPSA) is 74.2 Å². The Morgan fingerprint density at radius 1 is 1.38 bits per heavy atom. The largest absolute Gasteiger partial charge is 1.00 e. The number of aliphatic carboxylic acids is 1. The molecule has 0 aliphatic heterocycles. The number of halogens is 1. The molecule has 0 spiro atoms. The van der Waals surface area contributed by atoms with Gasteiger partial charge in [0.15, 0.2) is 6.61 Å². The number of carbonyl (C=O) groups is 1. The minimum atomic E-state index is -0.978. The van der Waals surface area contributed by atoms with Gasteiger partial charge >= 0.3 is 5.97 Å². The highest BCUT2D eigenvalue weighted by Gasteiger charge is 1.98. The summed E-state index contributed by atoms with van der Waals surface area (Å²) < 4.78 is 4.90. The number of ether oxygens (including phenoxy) is 1. The molecule has 1 rings (SSSR count). The molecule has 4 N–H and O–H groups in total. The average Bonchev–Trinajstić information content (AvgIpc) is 2.03. The Kier molecular flexibility index (Phi) is 5.10. The molecule has 0 aliphatic carbocycles. The molecule has 5 heteroatoms. The number of hydrogen-bond acceptors (Lipinski definition) is 2. The van der Waals surface area contributed by atoms with Crippen LogP contribution in [-0.4, -0.2) is 17.7 Å². The molecule has 0 fully saturated rings. The maximum Gasteiger partial charge on any atom is 0.341 e. The molecule has 0 bridgehead atoms. The van der Waals surface area contributed by atoms with Gasteiger partial charge in [0, 0.05) is 12.1 Å². The Balaban J connectivity index is 0.00000144. The number of quaternary nitrogens is 1. The van der Waals surface area contributed by atoms with E-state index in [0.29, 0.717) is 5.75 Å². The van der Waals surface area contributed by atoms with Crippen LogP contribution in [0.4, 0.5) is 5.69 Å². The van der Waals surface area contributed by atoms with Crippen LogP contribution >= 0.6 is 0 Å². The van der Waals surface area contributed by atoms with Crippen LogP contribution in [0.2, 0.25) is 0 Å². The van der Waals surface area contributed by atoms with E-state index in [0.717, 1.165) is 5.69 Å². The Morgan fingerprint density at radius 3 is 2.38 bits per heavy atom. The second-order valence-corrected chi connectivity index (χ2v) is 2.33. The fourth-order valence-electron chi connectivity index (χ4n) is 0.731. The van der Waals surface area contributed by atoms with E-state index in [4.69, 9.17) is 9.84 Å². The summed E-state index contributed by atoms with van der Waals surface area (Å²) in [7, 11) is 0. The normalized spacial score (nSPS) is 8.69. The van der Waals surface area contributed by atoms with Crippen molar-refractivity contribution in [1.82, 2.24) is 0 Å². The van der Waals surface area contributed by atoms with Crippen molar-refractivity contribution in [2.45, 2.75) is 0 Å². The van der Waals surface area contributed by atoms with Crippen LogP contribution in [-0.2, 0) is 4.79 Å². The van der Waals surface area contributed by atoms with Crippen LogP contribution in [0.1, 0.15) is 0 Å². The molecule has 0 atom stereocenters. The van der Waals surface area contributed by atoms with Crippen molar-refractivity contribution in [3.63, 3.8) is 0 Å². The van der Waals surface area contributed by atoms with Gasteiger partial charge in [0.1, 0.15) is 11.4 Å². The van der Waals surface area contributed by atoms with Gasteiger partial charge in [-0.3, -0.25) is 0 Å². The third kappa shape index (κ3) is 4.49. The zero-order chi connectivity index (χ0) is 8.97. The predicted molar refractivity (Wildman–Crippen MR) is 42.1 cm³/mol. The molecule has 0 unspecified atom stereocenters. The van der Waals surface area contributed by atoms with Gasteiger partial charge in [0.2, 0.25) is 0 Å². The van der Waals surface area contributed by atoms with Gasteiger partial charge in [0.05, 0.1) is 0 Å². The summed E-state index contributed by atoms with van der Waals surface area (Å²) >= 11 is 0. The lowest BCUT2D eigenvalue weighted by Crippen LogP contribution is -3.00. The number of benzene rings is 1. The van der Waals surface area contributed by atoms with E-state index in [2.05, 4.69) is 5.73 Å². The van der Waals surface area contributed by atoms with E-state index in [1.807, 2.05) is 0 Å². The molecule has 72 valence electrons. The summed E-state index contributed by atoms with van der Waals surface area (Å²) in [6.45, 7) is -0.309. The van der Waals surface area contributed by atoms with E-state index in [1.54, 1.807) is 24.3 Å². The molecule has 13 heavy (non-hydrogen) atoms. The Hall–Kier alpha value is -1.07.